The molecule has 1 unspecified atom stereocenters. The minimum atomic E-state index is -0.401. The first-order chi connectivity index (χ1) is 9.58. The Bertz CT molecular complexity index is 475. The number of rotatable bonds is 5. The van der Waals surface area contributed by atoms with Gasteiger partial charge in [0.15, 0.2) is 0 Å². The van der Waals surface area contributed by atoms with E-state index in [1.807, 2.05) is 6.92 Å². The lowest BCUT2D eigenvalue weighted by atomic mass is 10.1. The molecule has 0 aromatic heterocycles. The number of halogens is 1. The summed E-state index contributed by atoms with van der Waals surface area (Å²) in [6.45, 7) is 5.12. The molecule has 110 valence electrons. The summed E-state index contributed by atoms with van der Waals surface area (Å²) in [7, 11) is 0. The number of para-hydroxylation sites is 1. The molecule has 1 atom stereocenters. The zero-order chi connectivity index (χ0) is 14.5. The van der Waals surface area contributed by atoms with Gasteiger partial charge in [-0.25, -0.2) is 0 Å². The summed E-state index contributed by atoms with van der Waals surface area (Å²) in [6, 6.07) is 4.86. The Kier molecular flexibility index (Phi) is 5.20. The number of piperidine rings is 1. The Morgan fingerprint density at radius 1 is 1.40 bits per heavy atom. The van der Waals surface area contributed by atoms with Gasteiger partial charge in [0.2, 0.25) is 0 Å². The second-order valence-electron chi connectivity index (χ2n) is 5.30. The molecule has 1 aromatic carbocycles. The maximum Gasteiger partial charge on any atom is 0.293 e. The van der Waals surface area contributed by atoms with Crippen molar-refractivity contribution in [2.24, 2.45) is 0 Å². The summed E-state index contributed by atoms with van der Waals surface area (Å²) in [6.07, 6.45) is 3.77. The van der Waals surface area contributed by atoms with E-state index in [0.29, 0.717) is 10.7 Å². The van der Waals surface area contributed by atoms with Gasteiger partial charge in [-0.05, 0) is 38.9 Å². The number of hydrogen-bond donors (Lipinski definition) is 1. The van der Waals surface area contributed by atoms with Gasteiger partial charge in [-0.15, -0.1) is 0 Å². The fourth-order valence-corrected chi connectivity index (χ4v) is 2.85. The predicted molar refractivity (Wildman–Crippen MR) is 81.5 cm³/mol. The van der Waals surface area contributed by atoms with Crippen LogP contribution in [-0.2, 0) is 0 Å². The Labute approximate surface area is 124 Å². The van der Waals surface area contributed by atoms with Crippen LogP contribution in [-0.4, -0.2) is 35.5 Å². The zero-order valence-corrected chi connectivity index (χ0v) is 12.4. The van der Waals surface area contributed by atoms with E-state index in [4.69, 9.17) is 11.6 Å². The second kappa shape index (κ2) is 6.90. The molecule has 0 saturated carbocycles. The fraction of sp³-hybridized carbons (Fsp3) is 0.571. The molecule has 0 amide bonds. The van der Waals surface area contributed by atoms with Crippen molar-refractivity contribution in [2.75, 3.05) is 25.0 Å². The van der Waals surface area contributed by atoms with Gasteiger partial charge in [-0.1, -0.05) is 24.1 Å². The first-order valence-electron chi connectivity index (χ1n) is 6.99. The minimum Gasteiger partial charge on any atom is -0.375 e. The number of likely N-dealkylation sites (tertiary alicyclic amines) is 1. The lowest BCUT2D eigenvalue weighted by Crippen LogP contribution is -2.38. The van der Waals surface area contributed by atoms with Crippen LogP contribution in [0.3, 0.4) is 0 Å². The molecular formula is C14H20ClN3O2. The third-order valence-electron chi connectivity index (χ3n) is 3.56. The van der Waals surface area contributed by atoms with Crippen molar-refractivity contribution in [1.29, 1.82) is 0 Å². The van der Waals surface area contributed by atoms with Gasteiger partial charge < -0.3 is 10.2 Å². The van der Waals surface area contributed by atoms with Gasteiger partial charge in [0, 0.05) is 18.7 Å². The van der Waals surface area contributed by atoms with E-state index in [9.17, 15) is 10.1 Å². The molecule has 1 saturated heterocycles. The predicted octanol–water partition coefficient (Wildman–Crippen LogP) is 3.53. The molecule has 1 aromatic rings. The molecule has 20 heavy (non-hydrogen) atoms. The first-order valence-corrected chi connectivity index (χ1v) is 7.37. The molecular weight excluding hydrogens is 278 g/mol. The summed E-state index contributed by atoms with van der Waals surface area (Å²) in [5, 5.41) is 14.6. The third-order valence-corrected chi connectivity index (χ3v) is 3.87. The van der Waals surface area contributed by atoms with Crippen molar-refractivity contribution >= 4 is 23.0 Å². The number of nitro benzene ring substituents is 1. The quantitative estimate of drug-likeness (QED) is 0.667. The summed E-state index contributed by atoms with van der Waals surface area (Å²) in [4.78, 5) is 13.0. The molecule has 2 rings (SSSR count). The standard InChI is InChI=1S/C14H20ClN3O2/c1-11(10-17-8-3-2-4-9-17)16-14-12(15)6-5-7-13(14)18(19)20/h5-7,11,16H,2-4,8-10H2,1H3. The molecule has 1 aliphatic heterocycles. The SMILES string of the molecule is CC(CN1CCCCC1)Nc1c(Cl)cccc1[N+](=O)[O-]. The average molecular weight is 298 g/mol. The van der Waals surface area contributed by atoms with Crippen LogP contribution in [0.15, 0.2) is 18.2 Å². The van der Waals surface area contributed by atoms with Crippen LogP contribution in [0.25, 0.3) is 0 Å². The third kappa shape index (κ3) is 3.84. The maximum atomic E-state index is 11.0. The maximum absolute atomic E-state index is 11.0. The van der Waals surface area contributed by atoms with Gasteiger partial charge >= 0.3 is 0 Å². The number of hydrogen-bond acceptors (Lipinski definition) is 4. The molecule has 0 aliphatic carbocycles. The number of benzene rings is 1. The van der Waals surface area contributed by atoms with E-state index in [0.717, 1.165) is 19.6 Å². The Balaban J connectivity index is 2.03. The minimum absolute atomic E-state index is 0.0306. The van der Waals surface area contributed by atoms with Gasteiger partial charge in [0.05, 0.1) is 9.95 Å². The molecule has 1 N–H and O–H groups in total. The van der Waals surface area contributed by atoms with E-state index in [2.05, 4.69) is 10.2 Å². The molecule has 1 fully saturated rings. The summed E-state index contributed by atoms with van der Waals surface area (Å²) in [5.41, 5.74) is 0.451. The van der Waals surface area contributed by atoms with E-state index >= 15 is 0 Å². The van der Waals surface area contributed by atoms with Crippen LogP contribution < -0.4 is 5.32 Å². The number of anilines is 1. The van der Waals surface area contributed by atoms with Gasteiger partial charge in [0.25, 0.3) is 5.69 Å². The highest BCUT2D eigenvalue weighted by Crippen LogP contribution is 2.32. The summed E-state index contributed by atoms with van der Waals surface area (Å²) in [5.74, 6) is 0. The molecule has 0 radical (unpaired) electrons. The van der Waals surface area contributed by atoms with E-state index in [-0.39, 0.29) is 11.7 Å². The van der Waals surface area contributed by atoms with Crippen LogP contribution in [0.5, 0.6) is 0 Å². The number of nitrogens with zero attached hydrogens (tertiary/aromatic N) is 2. The smallest absolute Gasteiger partial charge is 0.293 e. The molecule has 5 nitrogen and oxygen atoms in total. The summed E-state index contributed by atoms with van der Waals surface area (Å²) >= 11 is 6.08. The molecule has 1 aliphatic rings. The van der Waals surface area contributed by atoms with Crippen LogP contribution in [0, 0.1) is 10.1 Å². The van der Waals surface area contributed by atoms with Gasteiger partial charge in [-0.3, -0.25) is 10.1 Å². The number of nitro groups is 1. The summed E-state index contributed by atoms with van der Waals surface area (Å²) < 4.78 is 0. The van der Waals surface area contributed by atoms with Gasteiger partial charge in [0.1, 0.15) is 5.69 Å². The zero-order valence-electron chi connectivity index (χ0n) is 11.6. The Hall–Kier alpha value is -1.33. The molecule has 6 heteroatoms. The normalized spacial score (nSPS) is 17.7. The lowest BCUT2D eigenvalue weighted by molar-refractivity contribution is -0.384. The molecule has 1 heterocycles. The van der Waals surface area contributed by atoms with E-state index in [1.54, 1.807) is 12.1 Å². The van der Waals surface area contributed by atoms with Crippen molar-refractivity contribution in [3.05, 3.63) is 33.3 Å². The number of nitrogens with one attached hydrogen (secondary N) is 1. The highest BCUT2D eigenvalue weighted by molar-refractivity contribution is 6.33. The van der Waals surface area contributed by atoms with Crippen molar-refractivity contribution in [2.45, 2.75) is 32.2 Å². The Morgan fingerprint density at radius 3 is 2.75 bits per heavy atom. The first kappa shape index (κ1) is 15.1. The highest BCUT2D eigenvalue weighted by atomic mass is 35.5. The van der Waals surface area contributed by atoms with Gasteiger partial charge in [-0.2, -0.15) is 0 Å². The van der Waals surface area contributed by atoms with Crippen molar-refractivity contribution in [1.82, 2.24) is 4.90 Å². The van der Waals surface area contributed by atoms with E-state index < -0.39 is 4.92 Å². The van der Waals surface area contributed by atoms with Crippen molar-refractivity contribution < 1.29 is 4.92 Å². The van der Waals surface area contributed by atoms with E-state index in [1.165, 1.54) is 25.3 Å². The van der Waals surface area contributed by atoms with Crippen LogP contribution in [0.1, 0.15) is 26.2 Å². The average Bonchev–Trinajstić information content (AvgIpc) is 2.42. The van der Waals surface area contributed by atoms with Crippen LogP contribution >= 0.6 is 11.6 Å². The second-order valence-corrected chi connectivity index (χ2v) is 5.70. The van der Waals surface area contributed by atoms with Crippen molar-refractivity contribution in [3.8, 4) is 0 Å². The lowest BCUT2D eigenvalue weighted by Gasteiger charge is -2.29. The highest BCUT2D eigenvalue weighted by Gasteiger charge is 2.20. The topological polar surface area (TPSA) is 58.4 Å². The van der Waals surface area contributed by atoms with Crippen LogP contribution in [0.4, 0.5) is 11.4 Å². The van der Waals surface area contributed by atoms with Crippen molar-refractivity contribution in [3.63, 3.8) is 0 Å². The molecule has 0 bridgehead atoms. The Morgan fingerprint density at radius 2 is 2.10 bits per heavy atom. The monoisotopic (exact) mass is 297 g/mol. The van der Waals surface area contributed by atoms with Crippen LogP contribution in [0.2, 0.25) is 5.02 Å². The largest absolute Gasteiger partial charge is 0.375 e. The molecule has 0 spiro atoms. The fourth-order valence-electron chi connectivity index (χ4n) is 2.63.